The number of pyridine rings is 4. The van der Waals surface area contributed by atoms with Gasteiger partial charge in [-0.2, -0.15) is 10.5 Å². The molecule has 6 N–H and O–H groups in total. The molecule has 8 aromatic rings. The van der Waals surface area contributed by atoms with Crippen molar-refractivity contribution in [2.75, 3.05) is 22.1 Å². The van der Waals surface area contributed by atoms with Gasteiger partial charge in [-0.05, 0) is 74.5 Å². The van der Waals surface area contributed by atoms with Crippen LogP contribution in [0.1, 0.15) is 48.2 Å². The molecule has 0 saturated carbocycles. The van der Waals surface area contributed by atoms with E-state index in [0.29, 0.717) is 44.8 Å². The lowest BCUT2D eigenvalue weighted by Gasteiger charge is -2.20. The maximum Gasteiger partial charge on any atom is 0.150 e. The predicted molar refractivity (Wildman–Crippen MR) is 216 cm³/mol. The van der Waals surface area contributed by atoms with Crippen LogP contribution in [-0.2, 0) is 0 Å². The van der Waals surface area contributed by atoms with Gasteiger partial charge in [0.05, 0.1) is 34.5 Å². The Labute approximate surface area is 330 Å². The van der Waals surface area contributed by atoms with Crippen LogP contribution in [0.4, 0.5) is 32.1 Å². The number of nitrogens with two attached hydrogens (primary N) is 2. The Hall–Kier alpha value is -8.24. The van der Waals surface area contributed by atoms with Crippen molar-refractivity contribution in [2.45, 2.75) is 25.9 Å². The quantitative estimate of drug-likeness (QED) is 0.116. The van der Waals surface area contributed by atoms with Crippen molar-refractivity contribution < 1.29 is 8.78 Å². The molecule has 8 rings (SSSR count). The summed E-state index contributed by atoms with van der Waals surface area (Å²) in [4.78, 5) is 33.8. The van der Waals surface area contributed by atoms with Gasteiger partial charge in [0.2, 0.25) is 0 Å². The molecule has 16 heteroatoms. The number of nitrogens with one attached hydrogen (secondary N) is 2. The van der Waals surface area contributed by atoms with Crippen LogP contribution in [0.15, 0.2) is 110 Å². The van der Waals surface area contributed by atoms with Crippen LogP contribution in [0.2, 0.25) is 0 Å². The number of fused-ring (bicyclic) bond motifs is 2. The molecule has 0 fully saturated rings. The van der Waals surface area contributed by atoms with E-state index in [2.05, 4.69) is 50.5 Å². The van der Waals surface area contributed by atoms with E-state index in [-0.39, 0.29) is 46.5 Å². The average Bonchev–Trinajstić information content (AvgIpc) is 3.23. The Balaban J connectivity index is 0.000000177. The third-order valence-electron chi connectivity index (χ3n) is 9.18. The molecule has 0 unspecified atom stereocenters. The lowest BCUT2D eigenvalue weighted by molar-refractivity contribution is 0.629. The number of hydrogen-bond donors (Lipinski definition) is 4. The number of aromatic nitrogens is 8. The van der Waals surface area contributed by atoms with E-state index in [4.69, 9.17) is 11.5 Å². The van der Waals surface area contributed by atoms with Gasteiger partial charge < -0.3 is 22.1 Å². The number of anilines is 4. The Kier molecular flexibility index (Phi) is 10.9. The van der Waals surface area contributed by atoms with E-state index in [1.54, 1.807) is 36.9 Å². The summed E-state index contributed by atoms with van der Waals surface area (Å²) in [5, 5.41) is 26.4. The molecular weight excluding hydrogens is 739 g/mol. The number of nitrogen functional groups attached to an aromatic ring is 2. The van der Waals surface area contributed by atoms with Crippen LogP contribution < -0.4 is 22.1 Å². The zero-order valence-electron chi connectivity index (χ0n) is 30.9. The fourth-order valence-corrected chi connectivity index (χ4v) is 6.41. The maximum atomic E-state index is 14.0. The van der Waals surface area contributed by atoms with E-state index >= 15 is 0 Å². The minimum Gasteiger partial charge on any atom is -0.382 e. The van der Waals surface area contributed by atoms with Gasteiger partial charge in [-0.3, -0.25) is 19.9 Å². The zero-order valence-corrected chi connectivity index (χ0v) is 30.9. The Morgan fingerprint density at radius 1 is 0.569 bits per heavy atom. The smallest absolute Gasteiger partial charge is 0.150 e. The highest BCUT2D eigenvalue weighted by Gasteiger charge is 2.21. The second-order valence-electron chi connectivity index (χ2n) is 12.9. The van der Waals surface area contributed by atoms with E-state index in [1.165, 1.54) is 36.9 Å². The van der Waals surface area contributed by atoms with Crippen LogP contribution >= 0.6 is 0 Å². The summed E-state index contributed by atoms with van der Waals surface area (Å²) in [5.74, 6) is 0.119. The first-order chi connectivity index (χ1) is 28.2. The molecule has 0 radical (unpaired) electrons. The first kappa shape index (κ1) is 38.1. The van der Waals surface area contributed by atoms with Crippen molar-refractivity contribution >= 4 is 45.1 Å². The lowest BCUT2D eigenvalue weighted by atomic mass is 9.96. The molecule has 0 aliphatic heterocycles. The molecule has 58 heavy (non-hydrogen) atoms. The Morgan fingerprint density at radius 2 is 1.00 bits per heavy atom. The summed E-state index contributed by atoms with van der Waals surface area (Å²) >= 11 is 0. The van der Waals surface area contributed by atoms with Gasteiger partial charge in [-0.1, -0.05) is 12.1 Å². The highest BCUT2D eigenvalue weighted by Crippen LogP contribution is 2.37. The maximum absolute atomic E-state index is 14.0. The normalized spacial score (nSPS) is 11.8. The van der Waals surface area contributed by atoms with Crippen LogP contribution in [-0.4, -0.2) is 39.9 Å². The van der Waals surface area contributed by atoms with Crippen molar-refractivity contribution in [3.8, 4) is 34.7 Å². The number of halogens is 2. The molecule has 0 aliphatic rings. The van der Waals surface area contributed by atoms with Crippen molar-refractivity contribution in [1.82, 2.24) is 39.9 Å². The van der Waals surface area contributed by atoms with Crippen LogP contribution in [0.5, 0.6) is 0 Å². The first-order valence-corrected chi connectivity index (χ1v) is 17.7. The number of benzene rings is 2. The predicted octanol–water partition coefficient (Wildman–Crippen LogP) is 7.71. The first-order valence-electron chi connectivity index (χ1n) is 17.7. The SMILES string of the molecule is C[C@@H](Nc1ncnc(N)c1C#N)c1cnc2ccc(F)cc2c1-c1ccccn1.C[C@H](Nc1ncnc(N)c1C#N)c1cnc2ccc(F)cc2c1-c1ccccn1. The van der Waals surface area contributed by atoms with Gasteiger partial charge in [0.15, 0.2) is 0 Å². The van der Waals surface area contributed by atoms with Gasteiger partial charge in [-0.25, -0.2) is 28.7 Å². The molecule has 6 aromatic heterocycles. The third-order valence-corrected chi connectivity index (χ3v) is 9.18. The molecule has 0 saturated heterocycles. The van der Waals surface area contributed by atoms with Crippen LogP contribution in [0, 0.1) is 34.3 Å². The molecule has 0 bridgehead atoms. The van der Waals surface area contributed by atoms with Crippen molar-refractivity contribution in [3.63, 3.8) is 0 Å². The zero-order chi connectivity index (χ0) is 40.8. The topological polar surface area (TPSA) is 227 Å². The van der Waals surface area contributed by atoms with Crippen LogP contribution in [0.3, 0.4) is 0 Å². The summed E-state index contributed by atoms with van der Waals surface area (Å²) in [7, 11) is 0. The standard InChI is InChI=1S/2C21H16FN7/c2*1-12(29-21-15(9-23)20(24)27-11-28-21)16-10-26-17-6-5-13(22)8-14(17)19(16)18-4-2-3-7-25-18/h2*2-8,10-12H,1H3,(H3,24,27,28,29)/t2*12-/m10/s1. The summed E-state index contributed by atoms with van der Waals surface area (Å²) in [6.07, 6.45) is 9.39. The highest BCUT2D eigenvalue weighted by molar-refractivity contribution is 5.96. The summed E-state index contributed by atoms with van der Waals surface area (Å²) in [5.41, 5.74) is 17.7. The fraction of sp³-hybridized carbons (Fsp3) is 0.0952. The van der Waals surface area contributed by atoms with Crippen molar-refractivity contribution in [2.24, 2.45) is 0 Å². The number of hydrogen-bond acceptors (Lipinski definition) is 14. The highest BCUT2D eigenvalue weighted by atomic mass is 19.1. The molecule has 0 amide bonds. The minimum atomic E-state index is -0.357. The van der Waals surface area contributed by atoms with Crippen LogP contribution in [0.25, 0.3) is 44.3 Å². The number of nitrogens with zero attached hydrogens (tertiary/aromatic N) is 10. The van der Waals surface area contributed by atoms with Crippen molar-refractivity contribution in [3.05, 3.63) is 144 Å². The third kappa shape index (κ3) is 7.79. The molecule has 14 nitrogen and oxygen atoms in total. The molecule has 0 spiro atoms. The Morgan fingerprint density at radius 3 is 1.38 bits per heavy atom. The van der Waals surface area contributed by atoms with Gasteiger partial charge >= 0.3 is 0 Å². The molecule has 6 heterocycles. The van der Waals surface area contributed by atoms with E-state index in [9.17, 15) is 19.3 Å². The van der Waals surface area contributed by atoms with Gasteiger partial charge in [0.25, 0.3) is 0 Å². The average molecular weight is 771 g/mol. The number of nitriles is 2. The molecule has 2 atom stereocenters. The molecule has 284 valence electrons. The minimum absolute atomic E-state index is 0.0980. The largest absolute Gasteiger partial charge is 0.382 e. The van der Waals surface area contributed by atoms with Gasteiger partial charge in [-0.15, -0.1) is 0 Å². The van der Waals surface area contributed by atoms with E-state index in [0.717, 1.165) is 22.3 Å². The van der Waals surface area contributed by atoms with Gasteiger partial charge in [0, 0.05) is 57.8 Å². The molecule has 0 aliphatic carbocycles. The monoisotopic (exact) mass is 770 g/mol. The van der Waals surface area contributed by atoms with E-state index < -0.39 is 0 Å². The lowest BCUT2D eigenvalue weighted by Crippen LogP contribution is -2.13. The summed E-state index contributed by atoms with van der Waals surface area (Å²) < 4.78 is 28.0. The van der Waals surface area contributed by atoms with Gasteiger partial charge in [0.1, 0.15) is 70.8 Å². The van der Waals surface area contributed by atoms with E-state index in [1.807, 2.05) is 62.4 Å². The fourth-order valence-electron chi connectivity index (χ4n) is 6.41. The second kappa shape index (κ2) is 16.6. The second-order valence-corrected chi connectivity index (χ2v) is 12.9. The van der Waals surface area contributed by atoms with Crippen molar-refractivity contribution in [1.29, 1.82) is 10.5 Å². The summed E-state index contributed by atoms with van der Waals surface area (Å²) in [6.45, 7) is 3.79. The molecule has 2 aromatic carbocycles. The summed E-state index contributed by atoms with van der Waals surface area (Å²) in [6, 6.07) is 23.4. The molecular formula is C42H32F2N14. The Bertz CT molecular complexity index is 2670. The number of rotatable bonds is 8.